The Labute approximate surface area is 77.2 Å². The Morgan fingerprint density at radius 1 is 1.54 bits per heavy atom. The molecule has 0 saturated carbocycles. The van der Waals surface area contributed by atoms with Gasteiger partial charge in [-0.25, -0.2) is 4.99 Å². The van der Waals surface area contributed by atoms with Crippen LogP contribution in [0.1, 0.15) is 12.5 Å². The van der Waals surface area contributed by atoms with E-state index in [2.05, 4.69) is 4.99 Å². The van der Waals surface area contributed by atoms with E-state index in [-0.39, 0.29) is 6.10 Å². The van der Waals surface area contributed by atoms with E-state index in [9.17, 15) is 0 Å². The van der Waals surface area contributed by atoms with E-state index >= 15 is 0 Å². The Bertz CT molecular complexity index is 347. The van der Waals surface area contributed by atoms with Gasteiger partial charge in [-0.3, -0.25) is 0 Å². The summed E-state index contributed by atoms with van der Waals surface area (Å²) in [4.78, 5) is 4.27. The zero-order chi connectivity index (χ0) is 9.26. The van der Waals surface area contributed by atoms with Gasteiger partial charge in [-0.15, -0.1) is 0 Å². The van der Waals surface area contributed by atoms with Crippen LogP contribution in [0.4, 0.5) is 5.69 Å². The van der Waals surface area contributed by atoms with E-state index < -0.39 is 0 Å². The molecular formula is C10H12N2O. The van der Waals surface area contributed by atoms with Gasteiger partial charge in [0, 0.05) is 11.3 Å². The highest BCUT2D eigenvalue weighted by Crippen LogP contribution is 2.14. The fraction of sp³-hybridized carbons (Fsp3) is 0.300. The summed E-state index contributed by atoms with van der Waals surface area (Å²) >= 11 is 0. The third-order valence-corrected chi connectivity index (χ3v) is 1.94. The lowest BCUT2D eigenvalue weighted by Crippen LogP contribution is -2.08. The summed E-state index contributed by atoms with van der Waals surface area (Å²) in [5, 5.41) is 0. The summed E-state index contributed by atoms with van der Waals surface area (Å²) in [5.41, 5.74) is 7.35. The Morgan fingerprint density at radius 2 is 2.38 bits per heavy atom. The number of benzene rings is 1. The number of nitrogens with zero attached hydrogens (tertiary/aromatic N) is 1. The van der Waals surface area contributed by atoms with Crippen LogP contribution < -0.4 is 5.73 Å². The average molecular weight is 176 g/mol. The van der Waals surface area contributed by atoms with Gasteiger partial charge in [0.15, 0.2) is 0 Å². The Hall–Kier alpha value is -1.51. The van der Waals surface area contributed by atoms with Crippen LogP contribution in [0.25, 0.3) is 0 Å². The molecular weight excluding hydrogens is 164 g/mol. The van der Waals surface area contributed by atoms with Gasteiger partial charge in [-0.1, -0.05) is 6.07 Å². The third-order valence-electron chi connectivity index (χ3n) is 1.94. The van der Waals surface area contributed by atoms with Crippen LogP contribution in [-0.2, 0) is 4.74 Å². The van der Waals surface area contributed by atoms with Gasteiger partial charge in [-0.2, -0.15) is 0 Å². The number of aliphatic imine (C=N–C) groups is 1. The molecule has 13 heavy (non-hydrogen) atoms. The van der Waals surface area contributed by atoms with E-state index in [1.54, 1.807) is 0 Å². The lowest BCUT2D eigenvalue weighted by molar-refractivity contribution is 0.246. The summed E-state index contributed by atoms with van der Waals surface area (Å²) in [6.07, 6.45) is 0.191. The number of nitrogens with two attached hydrogens (primary N) is 1. The topological polar surface area (TPSA) is 47.6 Å². The van der Waals surface area contributed by atoms with Crippen molar-refractivity contribution in [3.8, 4) is 0 Å². The van der Waals surface area contributed by atoms with Crippen LogP contribution in [0.5, 0.6) is 0 Å². The minimum atomic E-state index is 0.191. The second-order valence-electron chi connectivity index (χ2n) is 3.20. The van der Waals surface area contributed by atoms with Gasteiger partial charge in [-0.05, 0) is 25.1 Å². The number of ether oxygens (including phenoxy) is 1. The number of rotatable bonds is 1. The van der Waals surface area contributed by atoms with Crippen LogP contribution in [0.3, 0.4) is 0 Å². The molecule has 1 aromatic carbocycles. The molecule has 0 bridgehead atoms. The summed E-state index contributed by atoms with van der Waals surface area (Å²) in [5.74, 6) is 0.708. The molecule has 0 radical (unpaired) electrons. The van der Waals surface area contributed by atoms with Crippen LogP contribution in [0.15, 0.2) is 29.3 Å². The van der Waals surface area contributed by atoms with Crippen molar-refractivity contribution >= 4 is 11.6 Å². The lowest BCUT2D eigenvalue weighted by Gasteiger charge is -2.05. The Kier molecular flexibility index (Phi) is 1.93. The van der Waals surface area contributed by atoms with Crippen molar-refractivity contribution in [1.82, 2.24) is 0 Å². The smallest absolute Gasteiger partial charge is 0.216 e. The fourth-order valence-corrected chi connectivity index (χ4v) is 1.31. The second kappa shape index (κ2) is 3.09. The van der Waals surface area contributed by atoms with Crippen LogP contribution in [0, 0.1) is 0 Å². The van der Waals surface area contributed by atoms with Gasteiger partial charge < -0.3 is 10.5 Å². The number of anilines is 1. The molecule has 1 aromatic rings. The molecule has 0 spiro atoms. The molecule has 1 aliphatic heterocycles. The average Bonchev–Trinajstić information content (AvgIpc) is 2.52. The molecule has 0 aliphatic carbocycles. The maximum Gasteiger partial charge on any atom is 0.216 e. The third kappa shape index (κ3) is 1.64. The highest BCUT2D eigenvalue weighted by Gasteiger charge is 2.16. The zero-order valence-corrected chi connectivity index (χ0v) is 7.53. The van der Waals surface area contributed by atoms with Crippen LogP contribution >= 0.6 is 0 Å². The van der Waals surface area contributed by atoms with Gasteiger partial charge in [0.1, 0.15) is 6.10 Å². The van der Waals surface area contributed by atoms with E-state index in [1.807, 2.05) is 31.2 Å². The highest BCUT2D eigenvalue weighted by molar-refractivity contribution is 5.95. The molecule has 0 fully saturated rings. The molecule has 1 aliphatic rings. The molecule has 0 aromatic heterocycles. The van der Waals surface area contributed by atoms with Crippen LogP contribution in [0.2, 0.25) is 0 Å². The predicted molar refractivity (Wildman–Crippen MR) is 52.8 cm³/mol. The molecule has 1 heterocycles. The van der Waals surface area contributed by atoms with Gasteiger partial charge in [0.2, 0.25) is 5.90 Å². The first-order valence-corrected chi connectivity index (χ1v) is 4.33. The zero-order valence-electron chi connectivity index (χ0n) is 7.53. The molecule has 1 unspecified atom stereocenters. The van der Waals surface area contributed by atoms with Crippen molar-refractivity contribution in [2.24, 2.45) is 4.99 Å². The number of hydrogen-bond donors (Lipinski definition) is 1. The molecule has 3 heteroatoms. The highest BCUT2D eigenvalue weighted by atomic mass is 16.5. The first-order valence-electron chi connectivity index (χ1n) is 4.33. The first-order chi connectivity index (χ1) is 6.25. The van der Waals surface area contributed by atoms with E-state index in [1.165, 1.54) is 0 Å². The first kappa shape index (κ1) is 8.10. The summed E-state index contributed by atoms with van der Waals surface area (Å²) in [7, 11) is 0. The maximum absolute atomic E-state index is 5.65. The predicted octanol–water partition coefficient (Wildman–Crippen LogP) is 1.43. The quantitative estimate of drug-likeness (QED) is 0.658. The second-order valence-corrected chi connectivity index (χ2v) is 3.20. The van der Waals surface area contributed by atoms with Crippen molar-refractivity contribution in [3.05, 3.63) is 29.8 Å². The van der Waals surface area contributed by atoms with E-state index in [4.69, 9.17) is 10.5 Å². The maximum atomic E-state index is 5.65. The van der Waals surface area contributed by atoms with Crippen molar-refractivity contribution in [2.45, 2.75) is 13.0 Å². The molecule has 2 N–H and O–H groups in total. The van der Waals surface area contributed by atoms with Gasteiger partial charge >= 0.3 is 0 Å². The fourth-order valence-electron chi connectivity index (χ4n) is 1.31. The van der Waals surface area contributed by atoms with Crippen molar-refractivity contribution in [2.75, 3.05) is 12.3 Å². The minimum absolute atomic E-state index is 0.191. The van der Waals surface area contributed by atoms with Gasteiger partial charge in [0.25, 0.3) is 0 Å². The largest absolute Gasteiger partial charge is 0.472 e. The summed E-state index contributed by atoms with van der Waals surface area (Å²) in [6.45, 7) is 2.74. The molecule has 68 valence electrons. The number of hydrogen-bond acceptors (Lipinski definition) is 3. The van der Waals surface area contributed by atoms with E-state index in [0.717, 1.165) is 17.8 Å². The molecule has 3 nitrogen and oxygen atoms in total. The Morgan fingerprint density at radius 3 is 3.00 bits per heavy atom. The van der Waals surface area contributed by atoms with E-state index in [0.29, 0.717) is 5.90 Å². The van der Waals surface area contributed by atoms with Gasteiger partial charge in [0.05, 0.1) is 6.54 Å². The molecule has 0 amide bonds. The monoisotopic (exact) mass is 176 g/mol. The molecule has 2 rings (SSSR count). The van der Waals surface area contributed by atoms with Crippen molar-refractivity contribution in [1.29, 1.82) is 0 Å². The molecule has 0 saturated heterocycles. The van der Waals surface area contributed by atoms with Crippen LogP contribution in [-0.4, -0.2) is 18.5 Å². The van der Waals surface area contributed by atoms with Crippen molar-refractivity contribution < 1.29 is 4.74 Å². The minimum Gasteiger partial charge on any atom is -0.472 e. The Balaban J connectivity index is 2.26. The lowest BCUT2D eigenvalue weighted by atomic mass is 10.2. The molecule has 1 atom stereocenters. The van der Waals surface area contributed by atoms with Crippen molar-refractivity contribution in [3.63, 3.8) is 0 Å². The normalized spacial score (nSPS) is 21.0. The standard InChI is InChI=1S/C10H12N2O/c1-7-6-12-10(13-7)8-3-2-4-9(11)5-8/h2-5,7H,6,11H2,1H3. The number of nitrogen functional groups attached to an aromatic ring is 1. The SMILES string of the molecule is CC1CN=C(c2cccc(N)c2)O1. The summed E-state index contributed by atoms with van der Waals surface area (Å²) in [6, 6.07) is 7.58. The summed E-state index contributed by atoms with van der Waals surface area (Å²) < 4.78 is 5.50.